The highest BCUT2D eigenvalue weighted by molar-refractivity contribution is 7.16. The number of nitrogens with one attached hydrogen (secondary N) is 2. The van der Waals surface area contributed by atoms with E-state index in [2.05, 4.69) is 15.8 Å². The maximum absolute atomic E-state index is 12.1. The molecule has 11 heteroatoms. The molecule has 1 aliphatic heterocycles. The molecule has 0 spiro atoms. The Morgan fingerprint density at radius 1 is 1.22 bits per heavy atom. The van der Waals surface area contributed by atoms with Crippen LogP contribution in [0.1, 0.15) is 15.2 Å². The van der Waals surface area contributed by atoms with Crippen molar-refractivity contribution in [2.24, 2.45) is 5.10 Å². The van der Waals surface area contributed by atoms with E-state index >= 15 is 0 Å². The minimum atomic E-state index is -0.539. The standard InChI is InChI=1S/C16H14N4O6S/c21-14(19-18-8-11-2-4-15(27-11)20(23)24)9-17-16(22)10-1-3-12-13(7-10)26-6-5-25-12/h1-4,7-8H,5-6,9H2,(H,17,22)(H,19,21)/b18-8+. The van der Waals surface area contributed by atoms with Crippen molar-refractivity contribution in [3.05, 3.63) is 50.9 Å². The summed E-state index contributed by atoms with van der Waals surface area (Å²) in [5, 5.41) is 16.7. The lowest BCUT2D eigenvalue weighted by Crippen LogP contribution is -2.35. The minimum Gasteiger partial charge on any atom is -0.486 e. The number of ether oxygens (including phenoxy) is 2. The van der Waals surface area contributed by atoms with Crippen LogP contribution in [0.3, 0.4) is 0 Å². The number of nitrogens with zero attached hydrogens (tertiary/aromatic N) is 2. The van der Waals surface area contributed by atoms with Crippen LogP contribution in [0, 0.1) is 10.1 Å². The van der Waals surface area contributed by atoms with E-state index < -0.39 is 16.7 Å². The summed E-state index contributed by atoms with van der Waals surface area (Å²) in [5.41, 5.74) is 2.57. The zero-order chi connectivity index (χ0) is 19.2. The average molecular weight is 390 g/mol. The first kappa shape index (κ1) is 18.3. The van der Waals surface area contributed by atoms with Crippen molar-refractivity contribution in [1.82, 2.24) is 10.7 Å². The molecule has 0 radical (unpaired) electrons. The van der Waals surface area contributed by atoms with Crippen LogP contribution in [0.4, 0.5) is 5.00 Å². The third-order valence-corrected chi connectivity index (χ3v) is 4.36. The summed E-state index contributed by atoms with van der Waals surface area (Å²) < 4.78 is 10.8. The lowest BCUT2D eigenvalue weighted by atomic mass is 10.2. The van der Waals surface area contributed by atoms with E-state index in [1.807, 2.05) is 0 Å². The number of thiophene rings is 1. The number of hydrogen-bond donors (Lipinski definition) is 2. The number of hydrazone groups is 1. The molecule has 0 saturated heterocycles. The van der Waals surface area contributed by atoms with Gasteiger partial charge in [0.15, 0.2) is 11.5 Å². The monoisotopic (exact) mass is 390 g/mol. The maximum atomic E-state index is 12.1. The second kappa shape index (κ2) is 8.27. The van der Waals surface area contributed by atoms with Gasteiger partial charge in [-0.25, -0.2) is 5.43 Å². The summed E-state index contributed by atoms with van der Waals surface area (Å²) in [6.45, 7) is 0.582. The molecule has 3 rings (SSSR count). The van der Waals surface area contributed by atoms with Crippen LogP contribution in [-0.4, -0.2) is 42.7 Å². The molecule has 27 heavy (non-hydrogen) atoms. The molecule has 0 bridgehead atoms. The molecule has 0 aliphatic carbocycles. The van der Waals surface area contributed by atoms with Gasteiger partial charge in [0.05, 0.1) is 22.6 Å². The lowest BCUT2D eigenvalue weighted by molar-refractivity contribution is -0.380. The fraction of sp³-hybridized carbons (Fsp3) is 0.188. The topological polar surface area (TPSA) is 132 Å². The number of nitro groups is 1. The van der Waals surface area contributed by atoms with Gasteiger partial charge in [-0.1, -0.05) is 11.3 Å². The largest absolute Gasteiger partial charge is 0.486 e. The molecule has 0 unspecified atom stereocenters. The van der Waals surface area contributed by atoms with Crippen molar-refractivity contribution < 1.29 is 24.0 Å². The van der Waals surface area contributed by atoms with E-state index in [4.69, 9.17) is 9.47 Å². The first-order valence-corrected chi connectivity index (χ1v) is 8.58. The van der Waals surface area contributed by atoms with E-state index in [1.165, 1.54) is 18.3 Å². The predicted octanol–water partition coefficient (Wildman–Crippen LogP) is 1.31. The number of carbonyl (C=O) groups is 2. The maximum Gasteiger partial charge on any atom is 0.324 e. The third-order valence-electron chi connectivity index (χ3n) is 3.39. The van der Waals surface area contributed by atoms with Crippen molar-refractivity contribution in [2.75, 3.05) is 19.8 Å². The fourth-order valence-electron chi connectivity index (χ4n) is 2.16. The number of benzene rings is 1. The Morgan fingerprint density at radius 3 is 2.74 bits per heavy atom. The molecule has 0 fully saturated rings. The number of rotatable bonds is 6. The molecule has 10 nitrogen and oxygen atoms in total. The average Bonchev–Trinajstić information content (AvgIpc) is 3.15. The van der Waals surface area contributed by atoms with Crippen molar-refractivity contribution in [3.63, 3.8) is 0 Å². The van der Waals surface area contributed by atoms with Crippen LogP contribution in [0.25, 0.3) is 0 Å². The van der Waals surface area contributed by atoms with Gasteiger partial charge in [0.25, 0.3) is 11.8 Å². The van der Waals surface area contributed by atoms with Crippen LogP contribution >= 0.6 is 11.3 Å². The summed E-state index contributed by atoms with van der Waals surface area (Å²) in [5.74, 6) is 0.0647. The number of fused-ring (bicyclic) bond motifs is 1. The Morgan fingerprint density at radius 2 is 2.00 bits per heavy atom. The van der Waals surface area contributed by atoms with Crippen LogP contribution in [0.5, 0.6) is 11.5 Å². The molecule has 0 saturated carbocycles. The molecule has 1 aromatic carbocycles. The van der Waals surface area contributed by atoms with Gasteiger partial charge in [0.1, 0.15) is 13.2 Å². The SMILES string of the molecule is O=C(CNC(=O)c1ccc2c(c1)OCCO2)N/N=C/c1ccc([N+](=O)[O-])s1. The molecule has 2 heterocycles. The first-order chi connectivity index (χ1) is 13.0. The predicted molar refractivity (Wildman–Crippen MR) is 96.5 cm³/mol. The van der Waals surface area contributed by atoms with Crippen LogP contribution in [0.15, 0.2) is 35.4 Å². The molecular formula is C16H14N4O6S. The van der Waals surface area contributed by atoms with E-state index in [9.17, 15) is 19.7 Å². The fourth-order valence-corrected chi connectivity index (χ4v) is 2.86. The summed E-state index contributed by atoms with van der Waals surface area (Å²) in [4.78, 5) is 34.4. The second-order valence-corrected chi connectivity index (χ2v) is 6.36. The Balaban J connectivity index is 1.47. The Hall–Kier alpha value is -3.47. The molecule has 2 amide bonds. The zero-order valence-corrected chi connectivity index (χ0v) is 14.7. The number of amides is 2. The number of carbonyl (C=O) groups excluding carboxylic acids is 2. The molecule has 2 N–H and O–H groups in total. The Labute approximate surface area is 156 Å². The Kier molecular flexibility index (Phi) is 5.61. The van der Waals surface area contributed by atoms with Gasteiger partial charge in [-0.15, -0.1) is 0 Å². The summed E-state index contributed by atoms with van der Waals surface area (Å²) in [7, 11) is 0. The first-order valence-electron chi connectivity index (χ1n) is 7.77. The van der Waals surface area contributed by atoms with E-state index in [-0.39, 0.29) is 11.5 Å². The summed E-state index contributed by atoms with van der Waals surface area (Å²) in [6.07, 6.45) is 1.29. The van der Waals surface area contributed by atoms with Gasteiger partial charge in [0, 0.05) is 11.6 Å². The summed E-state index contributed by atoms with van der Waals surface area (Å²) >= 11 is 0.928. The molecular weight excluding hydrogens is 376 g/mol. The Bertz CT molecular complexity index is 910. The lowest BCUT2D eigenvalue weighted by Gasteiger charge is -2.18. The van der Waals surface area contributed by atoms with Crippen molar-refractivity contribution in [2.45, 2.75) is 0 Å². The van der Waals surface area contributed by atoms with E-state index in [0.717, 1.165) is 11.3 Å². The molecule has 1 aliphatic rings. The van der Waals surface area contributed by atoms with Crippen LogP contribution in [0.2, 0.25) is 0 Å². The molecule has 0 atom stereocenters. The van der Waals surface area contributed by atoms with Crippen molar-refractivity contribution in [3.8, 4) is 11.5 Å². The van der Waals surface area contributed by atoms with Crippen molar-refractivity contribution >= 4 is 34.4 Å². The smallest absolute Gasteiger partial charge is 0.324 e. The second-order valence-electron chi connectivity index (χ2n) is 5.27. The van der Waals surface area contributed by atoms with E-state index in [1.54, 1.807) is 18.2 Å². The van der Waals surface area contributed by atoms with Gasteiger partial charge in [-0.05, 0) is 24.3 Å². The van der Waals surface area contributed by atoms with Gasteiger partial charge in [0.2, 0.25) is 0 Å². The highest BCUT2D eigenvalue weighted by Gasteiger charge is 2.15. The van der Waals surface area contributed by atoms with Gasteiger partial charge >= 0.3 is 5.00 Å². The van der Waals surface area contributed by atoms with Gasteiger partial charge < -0.3 is 14.8 Å². The van der Waals surface area contributed by atoms with E-state index in [0.29, 0.717) is 35.2 Å². The summed E-state index contributed by atoms with van der Waals surface area (Å²) in [6, 6.07) is 7.61. The molecule has 2 aromatic rings. The number of hydrogen-bond acceptors (Lipinski definition) is 8. The highest BCUT2D eigenvalue weighted by Crippen LogP contribution is 2.30. The van der Waals surface area contributed by atoms with Crippen molar-refractivity contribution in [1.29, 1.82) is 0 Å². The zero-order valence-electron chi connectivity index (χ0n) is 13.8. The minimum absolute atomic E-state index is 0.0190. The van der Waals surface area contributed by atoms with Crippen LogP contribution < -0.4 is 20.2 Å². The molecule has 140 valence electrons. The third kappa shape index (κ3) is 4.79. The normalized spacial score (nSPS) is 12.6. The highest BCUT2D eigenvalue weighted by atomic mass is 32.1. The quantitative estimate of drug-likeness (QED) is 0.434. The van der Waals surface area contributed by atoms with Crippen LogP contribution in [-0.2, 0) is 4.79 Å². The van der Waals surface area contributed by atoms with Gasteiger partial charge in [-0.2, -0.15) is 5.10 Å². The van der Waals surface area contributed by atoms with Gasteiger partial charge in [-0.3, -0.25) is 19.7 Å². The molecule has 1 aromatic heterocycles.